The predicted molar refractivity (Wildman–Crippen MR) is 71.0 cm³/mol. The molecule has 1 aromatic rings. The van der Waals surface area contributed by atoms with E-state index in [4.69, 9.17) is 14.7 Å². The number of nitrogens with one attached hydrogen (secondary N) is 1. The average molecular weight is 261 g/mol. The summed E-state index contributed by atoms with van der Waals surface area (Å²) in [5.74, 6) is -0.195. The summed E-state index contributed by atoms with van der Waals surface area (Å²) in [7, 11) is 1.52. The monoisotopic (exact) mass is 261 g/mol. The molecule has 0 bridgehead atoms. The third kappa shape index (κ3) is 4.00. The van der Waals surface area contributed by atoms with Crippen LogP contribution in [-0.2, 0) is 9.53 Å². The number of methoxy groups -OCH3 is 1. The Bertz CT molecular complexity index is 532. The van der Waals surface area contributed by atoms with Crippen LogP contribution >= 0.6 is 0 Å². The number of ether oxygens (including phenoxy) is 2. The number of rotatable bonds is 5. The molecule has 0 saturated carbocycles. The van der Waals surface area contributed by atoms with Gasteiger partial charge in [0.25, 0.3) is 0 Å². The van der Waals surface area contributed by atoms with E-state index in [-0.39, 0.29) is 12.3 Å². The summed E-state index contributed by atoms with van der Waals surface area (Å²) < 4.78 is 9.84. The van der Waals surface area contributed by atoms with E-state index in [1.54, 1.807) is 25.1 Å². The third-order valence-corrected chi connectivity index (χ3v) is 2.22. The molecule has 0 aliphatic heterocycles. The van der Waals surface area contributed by atoms with Crippen molar-refractivity contribution in [3.8, 4) is 11.8 Å². The number of anilines is 1. The molecule has 0 spiro atoms. The van der Waals surface area contributed by atoms with E-state index in [0.717, 1.165) is 5.56 Å². The molecular weight excluding hydrogens is 246 g/mol. The number of esters is 1. The number of hydrogen-bond donors (Lipinski definition) is 1. The minimum atomic E-state index is -0.760. The average Bonchev–Trinajstić information content (AvgIpc) is 2.40. The van der Waals surface area contributed by atoms with Gasteiger partial charge in [0, 0.05) is 0 Å². The van der Waals surface area contributed by atoms with E-state index in [0.29, 0.717) is 11.4 Å². The molecule has 0 saturated heterocycles. The highest BCUT2D eigenvalue weighted by molar-refractivity contribution is 6.43. The van der Waals surface area contributed by atoms with Crippen LogP contribution in [0.5, 0.6) is 5.75 Å². The summed E-state index contributed by atoms with van der Waals surface area (Å²) in [6.45, 7) is 3.75. The standard InChI is InChI=1S/C13H15N3O3/c1-4-19-13(17)11(8-14)16-15-10-7-9(2)5-6-12(10)18-3/h5-7,15H,4H2,1-3H3/b16-11+. The molecule has 0 radical (unpaired) electrons. The molecule has 0 amide bonds. The van der Waals surface area contributed by atoms with Crippen LogP contribution in [0.25, 0.3) is 0 Å². The van der Waals surface area contributed by atoms with E-state index in [1.807, 2.05) is 13.0 Å². The number of aryl methyl sites for hydroxylation is 1. The number of nitriles is 1. The smallest absolute Gasteiger partial charge is 0.369 e. The maximum atomic E-state index is 11.4. The number of hydrazone groups is 1. The first kappa shape index (κ1) is 14.5. The van der Waals surface area contributed by atoms with Crippen LogP contribution in [0.15, 0.2) is 23.3 Å². The Morgan fingerprint density at radius 2 is 2.26 bits per heavy atom. The van der Waals surface area contributed by atoms with Gasteiger partial charge in [-0.25, -0.2) is 4.79 Å². The quantitative estimate of drug-likeness (QED) is 0.497. The lowest BCUT2D eigenvalue weighted by Crippen LogP contribution is -2.17. The van der Waals surface area contributed by atoms with Crippen LogP contribution in [-0.4, -0.2) is 25.4 Å². The Morgan fingerprint density at radius 1 is 1.53 bits per heavy atom. The van der Waals surface area contributed by atoms with Crippen LogP contribution in [0.1, 0.15) is 12.5 Å². The van der Waals surface area contributed by atoms with Crippen LogP contribution in [0.3, 0.4) is 0 Å². The molecular formula is C13H15N3O3. The Kier molecular flexibility index (Phi) is 5.35. The maximum Gasteiger partial charge on any atom is 0.369 e. The summed E-state index contributed by atoms with van der Waals surface area (Å²) >= 11 is 0. The number of carbonyl (C=O) groups excluding carboxylic acids is 1. The zero-order valence-electron chi connectivity index (χ0n) is 11.1. The fourth-order valence-electron chi connectivity index (χ4n) is 1.34. The molecule has 0 fully saturated rings. The minimum absolute atomic E-state index is 0.188. The van der Waals surface area contributed by atoms with Gasteiger partial charge in [-0.15, -0.1) is 0 Å². The molecule has 1 rings (SSSR count). The van der Waals surface area contributed by atoms with Gasteiger partial charge in [-0.1, -0.05) is 6.07 Å². The van der Waals surface area contributed by atoms with Crippen LogP contribution < -0.4 is 10.2 Å². The van der Waals surface area contributed by atoms with Gasteiger partial charge in [-0.05, 0) is 31.5 Å². The van der Waals surface area contributed by atoms with Crippen molar-refractivity contribution in [1.82, 2.24) is 0 Å². The largest absolute Gasteiger partial charge is 0.495 e. The third-order valence-electron chi connectivity index (χ3n) is 2.22. The van der Waals surface area contributed by atoms with Crippen molar-refractivity contribution in [3.05, 3.63) is 23.8 Å². The minimum Gasteiger partial charge on any atom is -0.495 e. The Morgan fingerprint density at radius 3 is 2.84 bits per heavy atom. The van der Waals surface area contributed by atoms with E-state index < -0.39 is 5.97 Å². The lowest BCUT2D eigenvalue weighted by molar-refractivity contribution is -0.134. The summed E-state index contributed by atoms with van der Waals surface area (Å²) in [5, 5.41) is 12.6. The SMILES string of the molecule is CCOC(=O)/C(C#N)=N/Nc1cc(C)ccc1OC. The molecule has 0 aromatic heterocycles. The first-order valence-corrected chi connectivity index (χ1v) is 5.68. The van der Waals surface area contributed by atoms with Crippen LogP contribution in [0, 0.1) is 18.3 Å². The number of carbonyl (C=O) groups is 1. The van der Waals surface area contributed by atoms with Gasteiger partial charge in [0.15, 0.2) is 0 Å². The second-order valence-electron chi connectivity index (χ2n) is 3.61. The summed E-state index contributed by atoms with van der Waals surface area (Å²) in [4.78, 5) is 11.4. The molecule has 1 N–H and O–H groups in total. The fraction of sp³-hybridized carbons (Fsp3) is 0.308. The van der Waals surface area contributed by atoms with Gasteiger partial charge in [0.2, 0.25) is 5.71 Å². The van der Waals surface area contributed by atoms with Crippen molar-refractivity contribution in [1.29, 1.82) is 5.26 Å². The first-order valence-electron chi connectivity index (χ1n) is 5.68. The topological polar surface area (TPSA) is 83.7 Å². The van der Waals surface area contributed by atoms with Gasteiger partial charge in [0.05, 0.1) is 19.4 Å². The first-order chi connectivity index (χ1) is 9.12. The second kappa shape index (κ2) is 7.01. The molecule has 0 aliphatic carbocycles. The highest BCUT2D eigenvalue weighted by Crippen LogP contribution is 2.25. The van der Waals surface area contributed by atoms with Gasteiger partial charge < -0.3 is 9.47 Å². The number of benzene rings is 1. The van der Waals surface area contributed by atoms with Crippen LogP contribution in [0.2, 0.25) is 0 Å². The summed E-state index contributed by atoms with van der Waals surface area (Å²) in [5.41, 5.74) is 3.86. The molecule has 0 unspecified atom stereocenters. The normalized spacial score (nSPS) is 10.5. The maximum absolute atomic E-state index is 11.4. The molecule has 19 heavy (non-hydrogen) atoms. The van der Waals surface area contributed by atoms with Crippen molar-refractivity contribution >= 4 is 17.4 Å². The Balaban J connectivity index is 2.93. The van der Waals surface area contributed by atoms with Gasteiger partial charge in [-0.3, -0.25) is 5.43 Å². The zero-order chi connectivity index (χ0) is 14.3. The van der Waals surface area contributed by atoms with Gasteiger partial charge in [-0.2, -0.15) is 10.4 Å². The van der Waals surface area contributed by atoms with Crippen molar-refractivity contribution in [2.75, 3.05) is 19.1 Å². The lowest BCUT2D eigenvalue weighted by atomic mass is 10.2. The van der Waals surface area contributed by atoms with Crippen molar-refractivity contribution in [3.63, 3.8) is 0 Å². The molecule has 6 heteroatoms. The highest BCUT2D eigenvalue weighted by atomic mass is 16.5. The summed E-state index contributed by atoms with van der Waals surface area (Å²) in [6.07, 6.45) is 0. The molecule has 1 aromatic carbocycles. The Hall–Kier alpha value is -2.55. The zero-order valence-corrected chi connectivity index (χ0v) is 11.1. The number of nitrogens with zero attached hydrogens (tertiary/aromatic N) is 2. The molecule has 0 atom stereocenters. The van der Waals surface area contributed by atoms with Crippen molar-refractivity contribution in [2.45, 2.75) is 13.8 Å². The van der Waals surface area contributed by atoms with E-state index in [9.17, 15) is 4.79 Å². The second-order valence-corrected chi connectivity index (χ2v) is 3.61. The fourth-order valence-corrected chi connectivity index (χ4v) is 1.34. The molecule has 6 nitrogen and oxygen atoms in total. The van der Waals surface area contributed by atoms with Gasteiger partial charge >= 0.3 is 5.97 Å². The Labute approximate surface area is 111 Å². The van der Waals surface area contributed by atoms with Gasteiger partial charge in [0.1, 0.15) is 11.8 Å². The van der Waals surface area contributed by atoms with E-state index in [1.165, 1.54) is 7.11 Å². The van der Waals surface area contributed by atoms with Crippen LogP contribution in [0.4, 0.5) is 5.69 Å². The molecule has 0 heterocycles. The van der Waals surface area contributed by atoms with Crippen molar-refractivity contribution in [2.24, 2.45) is 5.10 Å². The predicted octanol–water partition coefficient (Wildman–Crippen LogP) is 1.86. The lowest BCUT2D eigenvalue weighted by Gasteiger charge is -2.08. The summed E-state index contributed by atoms with van der Waals surface area (Å²) in [6, 6.07) is 7.12. The molecule has 100 valence electrons. The number of hydrogen-bond acceptors (Lipinski definition) is 6. The molecule has 0 aliphatic rings. The van der Waals surface area contributed by atoms with Crippen molar-refractivity contribution < 1.29 is 14.3 Å². The van der Waals surface area contributed by atoms with E-state index >= 15 is 0 Å². The van der Waals surface area contributed by atoms with E-state index in [2.05, 4.69) is 10.5 Å². The highest BCUT2D eigenvalue weighted by Gasteiger charge is 2.12.